The number of ether oxygens (including phenoxy) is 1. The molecule has 2 N–H and O–H groups in total. The van der Waals surface area contributed by atoms with Crippen LogP contribution >= 0.6 is 23.2 Å². The van der Waals surface area contributed by atoms with Crippen molar-refractivity contribution < 1.29 is 9.53 Å². The molecule has 2 rings (SSSR count). The number of amides is 1. The number of benzene rings is 1. The Kier molecular flexibility index (Phi) is 6.30. The van der Waals surface area contributed by atoms with Gasteiger partial charge in [-0.1, -0.05) is 29.3 Å². The van der Waals surface area contributed by atoms with E-state index in [4.69, 9.17) is 27.9 Å². The van der Waals surface area contributed by atoms with Gasteiger partial charge in [0.05, 0.1) is 34.9 Å². The molecule has 0 aromatic heterocycles. The molecule has 6 heteroatoms. The summed E-state index contributed by atoms with van der Waals surface area (Å²) >= 11 is 12.2. The lowest BCUT2D eigenvalue weighted by Gasteiger charge is -2.22. The van der Waals surface area contributed by atoms with Gasteiger partial charge in [0.2, 0.25) is 5.91 Å². The molecule has 1 aliphatic heterocycles. The first kappa shape index (κ1) is 16.6. The summed E-state index contributed by atoms with van der Waals surface area (Å²) in [7, 11) is 0. The third kappa shape index (κ3) is 4.85. The van der Waals surface area contributed by atoms with Gasteiger partial charge in [0.1, 0.15) is 0 Å². The second kappa shape index (κ2) is 7.99. The second-order valence-electron chi connectivity index (χ2n) is 5.17. The number of hydrogen-bond acceptors (Lipinski definition) is 3. The quantitative estimate of drug-likeness (QED) is 0.869. The van der Waals surface area contributed by atoms with E-state index in [2.05, 4.69) is 10.6 Å². The maximum atomic E-state index is 11.9. The maximum absolute atomic E-state index is 11.9. The summed E-state index contributed by atoms with van der Waals surface area (Å²) in [6, 6.07) is 3.55. The lowest BCUT2D eigenvalue weighted by Crippen LogP contribution is -2.33. The zero-order valence-corrected chi connectivity index (χ0v) is 13.6. The molecule has 1 saturated heterocycles. The number of hydrogen-bond donors (Lipinski definition) is 2. The van der Waals surface area contributed by atoms with Gasteiger partial charge in [-0.15, -0.1) is 0 Å². The highest BCUT2D eigenvalue weighted by molar-refractivity contribution is 6.40. The van der Waals surface area contributed by atoms with Gasteiger partial charge >= 0.3 is 0 Å². The minimum atomic E-state index is -0.140. The number of aryl methyl sites for hydroxylation is 1. The minimum Gasteiger partial charge on any atom is -0.378 e. The monoisotopic (exact) mass is 330 g/mol. The van der Waals surface area contributed by atoms with Crippen LogP contribution in [0.4, 0.5) is 5.69 Å². The van der Waals surface area contributed by atoms with Gasteiger partial charge in [-0.3, -0.25) is 4.79 Å². The van der Waals surface area contributed by atoms with Crippen molar-refractivity contribution >= 4 is 34.8 Å². The van der Waals surface area contributed by atoms with Gasteiger partial charge in [-0.05, 0) is 44.5 Å². The van der Waals surface area contributed by atoms with E-state index in [1.807, 2.05) is 13.0 Å². The van der Waals surface area contributed by atoms with Crippen LogP contribution in [0.2, 0.25) is 10.0 Å². The molecule has 0 aliphatic carbocycles. The topological polar surface area (TPSA) is 50.4 Å². The van der Waals surface area contributed by atoms with Gasteiger partial charge in [-0.25, -0.2) is 0 Å². The molecule has 0 unspecified atom stereocenters. The van der Waals surface area contributed by atoms with Crippen LogP contribution in [0.1, 0.15) is 24.8 Å². The maximum Gasteiger partial charge on any atom is 0.226 e. The average Bonchev–Trinajstić information content (AvgIpc) is 2.49. The molecule has 1 aromatic rings. The van der Waals surface area contributed by atoms with Crippen LogP contribution in [0.25, 0.3) is 0 Å². The van der Waals surface area contributed by atoms with Gasteiger partial charge < -0.3 is 15.4 Å². The molecule has 1 aromatic carbocycles. The average molecular weight is 331 g/mol. The number of anilines is 1. The van der Waals surface area contributed by atoms with Crippen molar-refractivity contribution in [1.29, 1.82) is 0 Å². The molecule has 0 radical (unpaired) electrons. The van der Waals surface area contributed by atoms with E-state index in [1.54, 1.807) is 6.07 Å². The van der Waals surface area contributed by atoms with Crippen molar-refractivity contribution in [2.24, 2.45) is 0 Å². The number of nitrogens with one attached hydrogen (secondary N) is 2. The molecule has 116 valence electrons. The largest absolute Gasteiger partial charge is 0.378 e. The Bertz CT molecular complexity index is 503. The van der Waals surface area contributed by atoms with E-state index >= 15 is 0 Å². The molecule has 1 amide bonds. The number of carbonyl (C=O) groups excluding carboxylic acids is 1. The van der Waals surface area contributed by atoms with Crippen LogP contribution < -0.4 is 10.6 Å². The lowest BCUT2D eigenvalue weighted by atomic mass is 10.1. The number of halogens is 2. The van der Waals surface area contributed by atoms with Gasteiger partial charge in [-0.2, -0.15) is 0 Å². The number of rotatable bonds is 5. The SMILES string of the molecule is Cc1ccc(Cl)c(NC(=O)CCOC2CCNCC2)c1Cl. The van der Waals surface area contributed by atoms with Crippen LogP contribution in [0.5, 0.6) is 0 Å². The van der Waals surface area contributed by atoms with E-state index in [9.17, 15) is 4.79 Å². The molecule has 0 atom stereocenters. The molecule has 1 heterocycles. The third-order valence-electron chi connectivity index (χ3n) is 3.52. The summed E-state index contributed by atoms with van der Waals surface area (Å²) in [5.74, 6) is -0.140. The van der Waals surface area contributed by atoms with Crippen LogP contribution in [0.15, 0.2) is 12.1 Å². The molecular weight excluding hydrogens is 311 g/mol. The smallest absolute Gasteiger partial charge is 0.226 e. The van der Waals surface area contributed by atoms with Crippen LogP contribution in [0, 0.1) is 6.92 Å². The fraction of sp³-hybridized carbons (Fsp3) is 0.533. The first-order valence-corrected chi connectivity index (χ1v) is 7.90. The van der Waals surface area contributed by atoms with Gasteiger partial charge in [0.25, 0.3) is 0 Å². The van der Waals surface area contributed by atoms with E-state index in [1.165, 1.54) is 0 Å². The Morgan fingerprint density at radius 1 is 1.38 bits per heavy atom. The van der Waals surface area contributed by atoms with Crippen molar-refractivity contribution in [1.82, 2.24) is 5.32 Å². The molecule has 0 bridgehead atoms. The van der Waals surface area contributed by atoms with Gasteiger partial charge in [0, 0.05) is 0 Å². The Labute approximate surface area is 135 Å². The Morgan fingerprint density at radius 2 is 2.10 bits per heavy atom. The lowest BCUT2D eigenvalue weighted by molar-refractivity contribution is -0.117. The zero-order valence-electron chi connectivity index (χ0n) is 12.0. The summed E-state index contributed by atoms with van der Waals surface area (Å²) in [6.45, 7) is 4.24. The van der Waals surface area contributed by atoms with Crippen molar-refractivity contribution in [3.05, 3.63) is 27.7 Å². The van der Waals surface area contributed by atoms with Crippen molar-refractivity contribution in [3.8, 4) is 0 Å². The predicted octanol–water partition coefficient (Wildman–Crippen LogP) is 3.40. The van der Waals surface area contributed by atoms with E-state index < -0.39 is 0 Å². The number of carbonyl (C=O) groups is 1. The van der Waals surface area contributed by atoms with Crippen molar-refractivity contribution in [2.45, 2.75) is 32.3 Å². The molecule has 1 fully saturated rings. The molecule has 1 aliphatic rings. The fourth-order valence-electron chi connectivity index (χ4n) is 2.25. The first-order valence-electron chi connectivity index (χ1n) is 7.14. The second-order valence-corrected chi connectivity index (χ2v) is 5.96. The Hall–Kier alpha value is -0.810. The molecule has 4 nitrogen and oxygen atoms in total. The van der Waals surface area contributed by atoms with E-state index in [0.717, 1.165) is 31.5 Å². The summed E-state index contributed by atoms with van der Waals surface area (Å²) in [4.78, 5) is 11.9. The third-order valence-corrected chi connectivity index (χ3v) is 4.32. The van der Waals surface area contributed by atoms with Crippen molar-refractivity contribution in [3.63, 3.8) is 0 Å². The summed E-state index contributed by atoms with van der Waals surface area (Å²) in [5, 5.41) is 6.96. The van der Waals surface area contributed by atoms with Gasteiger partial charge in [0.15, 0.2) is 0 Å². The van der Waals surface area contributed by atoms with Crippen LogP contribution in [-0.4, -0.2) is 31.7 Å². The van der Waals surface area contributed by atoms with Crippen LogP contribution in [-0.2, 0) is 9.53 Å². The molecular formula is C15H20Cl2N2O2. The molecule has 0 spiro atoms. The zero-order chi connectivity index (χ0) is 15.2. The minimum absolute atomic E-state index is 0.140. The summed E-state index contributed by atoms with van der Waals surface area (Å²) in [6.07, 6.45) is 2.55. The predicted molar refractivity (Wildman–Crippen MR) is 86.3 cm³/mol. The Morgan fingerprint density at radius 3 is 2.81 bits per heavy atom. The summed E-state index contributed by atoms with van der Waals surface area (Å²) < 4.78 is 5.71. The standard InChI is InChI=1S/C15H20Cl2N2O2/c1-10-2-3-12(16)15(14(10)17)19-13(20)6-9-21-11-4-7-18-8-5-11/h2-3,11,18H,4-9H2,1H3,(H,19,20). The molecule has 0 saturated carbocycles. The van der Waals surface area contributed by atoms with Crippen LogP contribution in [0.3, 0.4) is 0 Å². The summed E-state index contributed by atoms with van der Waals surface area (Å²) in [5.41, 5.74) is 1.35. The fourth-order valence-corrected chi connectivity index (χ4v) is 2.72. The van der Waals surface area contributed by atoms with Crippen molar-refractivity contribution in [2.75, 3.05) is 25.0 Å². The van der Waals surface area contributed by atoms with E-state index in [-0.39, 0.29) is 12.0 Å². The first-order chi connectivity index (χ1) is 10.1. The normalized spacial score (nSPS) is 16.0. The highest BCUT2D eigenvalue weighted by Crippen LogP contribution is 2.32. The Balaban J connectivity index is 1.80. The van der Waals surface area contributed by atoms with E-state index in [0.29, 0.717) is 28.8 Å². The highest BCUT2D eigenvalue weighted by Gasteiger charge is 2.15. The highest BCUT2D eigenvalue weighted by atomic mass is 35.5. The molecule has 21 heavy (non-hydrogen) atoms. The number of piperidine rings is 1.